The van der Waals surface area contributed by atoms with Crippen molar-refractivity contribution < 1.29 is 5.11 Å². The van der Waals surface area contributed by atoms with Crippen LogP contribution in [0.3, 0.4) is 0 Å². The monoisotopic (exact) mass is 258 g/mol. The number of rotatable bonds is 6. The molecule has 0 bridgehead atoms. The fourth-order valence-corrected chi connectivity index (χ4v) is 2.45. The smallest absolute Gasteiger partial charge is 0.138 e. The van der Waals surface area contributed by atoms with E-state index in [0.29, 0.717) is 0 Å². The Morgan fingerprint density at radius 1 is 1.16 bits per heavy atom. The third kappa shape index (κ3) is 3.24. The van der Waals surface area contributed by atoms with Crippen LogP contribution in [-0.2, 0) is 6.54 Å². The van der Waals surface area contributed by atoms with E-state index < -0.39 is 6.10 Å². The van der Waals surface area contributed by atoms with Gasteiger partial charge in [-0.1, -0.05) is 57.0 Å². The standard InChI is InChI=1S/C16H22N2O/c1-3-14(4-2)15(19)16-17-10-11-18(16)12-13-8-6-5-7-9-13/h5-11,14-15,19H,3-4,12H2,1-2H3. The minimum Gasteiger partial charge on any atom is -0.385 e. The summed E-state index contributed by atoms with van der Waals surface area (Å²) < 4.78 is 2.04. The SMILES string of the molecule is CCC(CC)C(O)c1nccn1Cc1ccccc1. The molecule has 1 atom stereocenters. The number of aromatic nitrogens is 2. The first-order chi connectivity index (χ1) is 9.26. The highest BCUT2D eigenvalue weighted by molar-refractivity contribution is 5.16. The van der Waals surface area contributed by atoms with Gasteiger partial charge >= 0.3 is 0 Å². The van der Waals surface area contributed by atoms with Crippen molar-refractivity contribution in [3.63, 3.8) is 0 Å². The van der Waals surface area contributed by atoms with Gasteiger partial charge in [0.1, 0.15) is 11.9 Å². The van der Waals surface area contributed by atoms with Gasteiger partial charge in [0, 0.05) is 18.9 Å². The van der Waals surface area contributed by atoms with Gasteiger partial charge in [0.15, 0.2) is 0 Å². The van der Waals surface area contributed by atoms with Gasteiger partial charge in [0.2, 0.25) is 0 Å². The van der Waals surface area contributed by atoms with Gasteiger partial charge in [-0.05, 0) is 11.5 Å². The van der Waals surface area contributed by atoms with Crippen molar-refractivity contribution >= 4 is 0 Å². The molecule has 0 amide bonds. The molecule has 0 saturated heterocycles. The van der Waals surface area contributed by atoms with E-state index in [-0.39, 0.29) is 5.92 Å². The third-order valence-corrected chi connectivity index (χ3v) is 3.70. The molecule has 1 N–H and O–H groups in total. The molecule has 19 heavy (non-hydrogen) atoms. The third-order valence-electron chi connectivity index (χ3n) is 3.70. The summed E-state index contributed by atoms with van der Waals surface area (Å²) in [5.74, 6) is 1.05. The second-order valence-electron chi connectivity index (χ2n) is 4.92. The maximum absolute atomic E-state index is 10.4. The summed E-state index contributed by atoms with van der Waals surface area (Å²) in [6.45, 7) is 4.98. The molecule has 2 rings (SSSR count). The lowest BCUT2D eigenvalue weighted by molar-refractivity contribution is 0.0915. The Kier molecular flexibility index (Phi) is 4.74. The van der Waals surface area contributed by atoms with Gasteiger partial charge in [-0.25, -0.2) is 4.98 Å². The quantitative estimate of drug-likeness (QED) is 0.862. The van der Waals surface area contributed by atoms with E-state index in [4.69, 9.17) is 0 Å². The average molecular weight is 258 g/mol. The highest BCUT2D eigenvalue weighted by atomic mass is 16.3. The Labute approximate surface area is 114 Å². The van der Waals surface area contributed by atoms with Gasteiger partial charge in [-0.15, -0.1) is 0 Å². The van der Waals surface area contributed by atoms with Gasteiger partial charge in [0.05, 0.1) is 0 Å². The summed E-state index contributed by atoms with van der Waals surface area (Å²) in [5.41, 5.74) is 1.22. The largest absolute Gasteiger partial charge is 0.385 e. The minimum atomic E-state index is -0.478. The van der Waals surface area contributed by atoms with Crippen LogP contribution >= 0.6 is 0 Å². The molecular formula is C16H22N2O. The molecule has 0 fully saturated rings. The number of benzene rings is 1. The Balaban J connectivity index is 2.18. The second kappa shape index (κ2) is 6.53. The molecule has 0 aliphatic heterocycles. The van der Waals surface area contributed by atoms with Crippen molar-refractivity contribution in [3.05, 3.63) is 54.1 Å². The zero-order chi connectivity index (χ0) is 13.7. The predicted molar refractivity (Wildman–Crippen MR) is 76.8 cm³/mol. The van der Waals surface area contributed by atoms with E-state index >= 15 is 0 Å². The van der Waals surface area contributed by atoms with Crippen LogP contribution in [0.2, 0.25) is 0 Å². The van der Waals surface area contributed by atoms with Crippen LogP contribution < -0.4 is 0 Å². The van der Waals surface area contributed by atoms with Crippen molar-refractivity contribution in [3.8, 4) is 0 Å². The molecule has 2 aromatic rings. The van der Waals surface area contributed by atoms with Crippen LogP contribution in [0.25, 0.3) is 0 Å². The highest BCUT2D eigenvalue weighted by Crippen LogP contribution is 2.26. The van der Waals surface area contributed by atoms with Gasteiger partial charge in [-0.2, -0.15) is 0 Å². The molecule has 102 valence electrons. The Bertz CT molecular complexity index is 488. The van der Waals surface area contributed by atoms with E-state index in [1.54, 1.807) is 6.20 Å². The maximum Gasteiger partial charge on any atom is 0.138 e. The highest BCUT2D eigenvalue weighted by Gasteiger charge is 2.21. The zero-order valence-electron chi connectivity index (χ0n) is 11.7. The summed E-state index contributed by atoms with van der Waals surface area (Å²) in [6, 6.07) is 10.3. The molecule has 0 aliphatic carbocycles. The number of aliphatic hydroxyl groups is 1. The van der Waals surface area contributed by atoms with Crippen molar-refractivity contribution in [2.45, 2.75) is 39.3 Å². The molecule has 3 heteroatoms. The van der Waals surface area contributed by atoms with Crippen molar-refractivity contribution in [1.29, 1.82) is 0 Å². The van der Waals surface area contributed by atoms with Crippen molar-refractivity contribution in [2.24, 2.45) is 5.92 Å². The van der Waals surface area contributed by atoms with Crippen molar-refractivity contribution in [2.75, 3.05) is 0 Å². The van der Waals surface area contributed by atoms with E-state index in [1.807, 2.05) is 29.0 Å². The van der Waals surface area contributed by atoms with Crippen LogP contribution in [0.5, 0.6) is 0 Å². The molecule has 0 radical (unpaired) electrons. The maximum atomic E-state index is 10.4. The molecule has 3 nitrogen and oxygen atoms in total. The van der Waals surface area contributed by atoms with Gasteiger partial charge in [-0.3, -0.25) is 0 Å². The molecule has 1 aromatic heterocycles. The lowest BCUT2D eigenvalue weighted by Gasteiger charge is -2.20. The summed E-state index contributed by atoms with van der Waals surface area (Å²) in [7, 11) is 0. The van der Waals surface area contributed by atoms with Crippen LogP contribution in [0.4, 0.5) is 0 Å². The number of imidazole rings is 1. The first-order valence-corrected chi connectivity index (χ1v) is 6.99. The van der Waals surface area contributed by atoms with E-state index in [0.717, 1.165) is 25.2 Å². The Morgan fingerprint density at radius 2 is 1.84 bits per heavy atom. The fourth-order valence-electron chi connectivity index (χ4n) is 2.45. The molecule has 1 unspecified atom stereocenters. The molecule has 1 heterocycles. The van der Waals surface area contributed by atoms with Gasteiger partial charge in [0.25, 0.3) is 0 Å². The fraction of sp³-hybridized carbons (Fsp3) is 0.438. The first kappa shape index (κ1) is 13.8. The Morgan fingerprint density at radius 3 is 2.47 bits per heavy atom. The van der Waals surface area contributed by atoms with Gasteiger partial charge < -0.3 is 9.67 Å². The van der Waals surface area contributed by atoms with Crippen LogP contribution in [-0.4, -0.2) is 14.7 Å². The summed E-state index contributed by atoms with van der Waals surface area (Å²) in [6.07, 6.45) is 5.16. The topological polar surface area (TPSA) is 38.1 Å². The Hall–Kier alpha value is -1.61. The predicted octanol–water partition coefficient (Wildman–Crippen LogP) is 3.40. The minimum absolute atomic E-state index is 0.275. The summed E-state index contributed by atoms with van der Waals surface area (Å²) in [5, 5.41) is 10.4. The first-order valence-electron chi connectivity index (χ1n) is 6.99. The average Bonchev–Trinajstić information content (AvgIpc) is 2.89. The van der Waals surface area contributed by atoms with Crippen molar-refractivity contribution in [1.82, 2.24) is 9.55 Å². The molecule has 0 spiro atoms. The normalized spacial score (nSPS) is 12.8. The van der Waals surface area contributed by atoms with Crippen LogP contribution in [0.1, 0.15) is 44.2 Å². The number of nitrogens with zero attached hydrogens (tertiary/aromatic N) is 2. The summed E-state index contributed by atoms with van der Waals surface area (Å²) in [4.78, 5) is 4.34. The van der Waals surface area contributed by atoms with E-state index in [2.05, 4.69) is 31.0 Å². The number of hydrogen-bond donors (Lipinski definition) is 1. The van der Waals surface area contributed by atoms with E-state index in [9.17, 15) is 5.11 Å². The molecule has 0 saturated carbocycles. The van der Waals surface area contributed by atoms with Crippen LogP contribution in [0.15, 0.2) is 42.7 Å². The zero-order valence-corrected chi connectivity index (χ0v) is 11.7. The molecule has 1 aromatic carbocycles. The molecule has 0 aliphatic rings. The summed E-state index contributed by atoms with van der Waals surface area (Å²) >= 11 is 0. The van der Waals surface area contributed by atoms with Crippen LogP contribution in [0, 0.1) is 5.92 Å². The number of aliphatic hydroxyl groups excluding tert-OH is 1. The second-order valence-corrected chi connectivity index (χ2v) is 4.92. The lowest BCUT2D eigenvalue weighted by atomic mass is 9.96. The molecular weight excluding hydrogens is 236 g/mol. The lowest BCUT2D eigenvalue weighted by Crippen LogP contribution is -2.17. The number of hydrogen-bond acceptors (Lipinski definition) is 2. The van der Waals surface area contributed by atoms with E-state index in [1.165, 1.54) is 5.56 Å².